The highest BCUT2D eigenvalue weighted by molar-refractivity contribution is 7.13. The number of halogens is 1. The molecule has 0 aliphatic rings. The molecule has 1 heterocycles. The molecule has 1 aromatic heterocycles. The molecule has 1 N–H and O–H groups in total. The number of carbonyl (C=O) groups excluding carboxylic acids is 1. The number of hydrogen-bond acceptors (Lipinski definition) is 4. The van der Waals surface area contributed by atoms with Crippen LogP contribution in [-0.4, -0.2) is 16.1 Å². The fourth-order valence-corrected chi connectivity index (χ4v) is 1.91. The number of nitrogens with one attached hydrogen (secondary N) is 1. The third kappa shape index (κ3) is 2.56. The van der Waals surface area contributed by atoms with Gasteiger partial charge in [-0.1, -0.05) is 29.5 Å². The van der Waals surface area contributed by atoms with Gasteiger partial charge >= 0.3 is 0 Å². The molecule has 0 atom stereocenters. The van der Waals surface area contributed by atoms with Crippen molar-refractivity contribution in [2.75, 3.05) is 5.32 Å². The number of nitrogens with zero attached hydrogens (tertiary/aromatic N) is 2. The molecule has 0 spiro atoms. The molecule has 1 aromatic carbocycles. The summed E-state index contributed by atoms with van der Waals surface area (Å²) in [5.74, 6) is 0.0103. The van der Waals surface area contributed by atoms with Crippen molar-refractivity contribution in [2.45, 2.75) is 5.88 Å². The highest BCUT2D eigenvalue weighted by atomic mass is 35.5. The second-order valence-electron chi connectivity index (χ2n) is 2.95. The lowest BCUT2D eigenvalue weighted by molar-refractivity contribution is 0.102. The van der Waals surface area contributed by atoms with Crippen molar-refractivity contribution in [3.63, 3.8) is 0 Å². The van der Waals surface area contributed by atoms with Crippen LogP contribution in [0.25, 0.3) is 0 Å². The van der Waals surface area contributed by atoms with Crippen molar-refractivity contribution in [1.29, 1.82) is 0 Å². The number of anilines is 1. The first kappa shape index (κ1) is 11.0. The van der Waals surface area contributed by atoms with Gasteiger partial charge in [0.25, 0.3) is 5.91 Å². The van der Waals surface area contributed by atoms with Gasteiger partial charge in [-0.3, -0.25) is 4.79 Å². The summed E-state index contributed by atoms with van der Waals surface area (Å²) in [6, 6.07) is 9.19. The number of benzene rings is 1. The summed E-state index contributed by atoms with van der Waals surface area (Å²) >= 11 is 6.78. The first-order chi connectivity index (χ1) is 7.79. The number of carbonyl (C=O) groups is 1. The molecule has 0 saturated carbocycles. The second-order valence-corrected chi connectivity index (χ2v) is 4.28. The molecule has 0 aliphatic heterocycles. The van der Waals surface area contributed by atoms with E-state index >= 15 is 0 Å². The normalized spacial score (nSPS) is 10.1. The molecule has 0 radical (unpaired) electrons. The van der Waals surface area contributed by atoms with Gasteiger partial charge in [0.1, 0.15) is 5.01 Å². The van der Waals surface area contributed by atoms with Crippen molar-refractivity contribution >= 4 is 34.5 Å². The molecule has 0 bridgehead atoms. The standard InChI is InChI=1S/C10H8ClN3OS/c11-6-8-13-14-10(16-8)9(15)12-7-4-2-1-3-5-7/h1-5H,6H2,(H,12,15). The van der Waals surface area contributed by atoms with Crippen LogP contribution in [0.2, 0.25) is 0 Å². The predicted molar refractivity (Wildman–Crippen MR) is 63.9 cm³/mol. The molecule has 2 rings (SSSR count). The zero-order chi connectivity index (χ0) is 11.4. The van der Waals surface area contributed by atoms with E-state index in [9.17, 15) is 4.79 Å². The summed E-state index contributed by atoms with van der Waals surface area (Å²) in [6.45, 7) is 0. The van der Waals surface area contributed by atoms with Gasteiger partial charge in [-0.2, -0.15) is 0 Å². The summed E-state index contributed by atoms with van der Waals surface area (Å²) < 4.78 is 0. The van der Waals surface area contributed by atoms with E-state index in [0.29, 0.717) is 10.0 Å². The lowest BCUT2D eigenvalue weighted by atomic mass is 10.3. The molecule has 82 valence electrons. The maximum absolute atomic E-state index is 11.7. The quantitative estimate of drug-likeness (QED) is 0.856. The van der Waals surface area contributed by atoms with E-state index in [1.807, 2.05) is 18.2 Å². The average molecular weight is 254 g/mol. The predicted octanol–water partition coefficient (Wildman–Crippen LogP) is 2.53. The zero-order valence-corrected chi connectivity index (χ0v) is 9.76. The molecular formula is C10H8ClN3OS. The Morgan fingerprint density at radius 3 is 2.69 bits per heavy atom. The van der Waals surface area contributed by atoms with Gasteiger partial charge in [0, 0.05) is 5.69 Å². The third-order valence-electron chi connectivity index (χ3n) is 1.81. The Labute approximate surface area is 101 Å². The summed E-state index contributed by atoms with van der Waals surface area (Å²) in [4.78, 5) is 11.7. The molecule has 0 fully saturated rings. The minimum atomic E-state index is -0.264. The average Bonchev–Trinajstić information content (AvgIpc) is 2.79. The van der Waals surface area contributed by atoms with Crippen LogP contribution in [0.4, 0.5) is 5.69 Å². The second kappa shape index (κ2) is 5.05. The fraction of sp³-hybridized carbons (Fsp3) is 0.100. The maximum Gasteiger partial charge on any atom is 0.286 e. The molecule has 2 aromatic rings. The number of aromatic nitrogens is 2. The molecule has 0 saturated heterocycles. The number of rotatable bonds is 3. The van der Waals surface area contributed by atoms with Crippen LogP contribution in [0.3, 0.4) is 0 Å². The largest absolute Gasteiger partial charge is 0.320 e. The van der Waals surface area contributed by atoms with Crippen molar-refractivity contribution in [3.05, 3.63) is 40.3 Å². The van der Waals surface area contributed by atoms with Gasteiger partial charge in [0.15, 0.2) is 0 Å². The van der Waals surface area contributed by atoms with Crippen molar-refractivity contribution < 1.29 is 4.79 Å². The van der Waals surface area contributed by atoms with Crippen molar-refractivity contribution in [2.24, 2.45) is 0 Å². The molecule has 16 heavy (non-hydrogen) atoms. The van der Waals surface area contributed by atoms with E-state index in [0.717, 1.165) is 5.69 Å². The molecule has 0 aliphatic carbocycles. The summed E-state index contributed by atoms with van der Waals surface area (Å²) in [5, 5.41) is 11.2. The Bertz CT molecular complexity index is 486. The SMILES string of the molecule is O=C(Nc1ccccc1)c1nnc(CCl)s1. The van der Waals surface area contributed by atoms with Gasteiger partial charge in [-0.05, 0) is 12.1 Å². The Balaban J connectivity index is 2.09. The topological polar surface area (TPSA) is 54.9 Å². The summed E-state index contributed by atoms with van der Waals surface area (Å²) in [6.07, 6.45) is 0. The van der Waals surface area contributed by atoms with Gasteiger partial charge in [-0.15, -0.1) is 21.8 Å². The van der Waals surface area contributed by atoms with Gasteiger partial charge < -0.3 is 5.32 Å². The van der Waals surface area contributed by atoms with Crippen molar-refractivity contribution in [1.82, 2.24) is 10.2 Å². The van der Waals surface area contributed by atoms with Gasteiger partial charge in [0.05, 0.1) is 5.88 Å². The molecular weight excluding hydrogens is 246 g/mol. The Morgan fingerprint density at radius 2 is 2.06 bits per heavy atom. The molecule has 4 nitrogen and oxygen atoms in total. The third-order valence-corrected chi connectivity index (χ3v) is 3.14. The van der Waals surface area contributed by atoms with Crippen LogP contribution in [0.5, 0.6) is 0 Å². The highest BCUT2D eigenvalue weighted by Crippen LogP contribution is 2.14. The van der Waals surface area contributed by atoms with Gasteiger partial charge in [0.2, 0.25) is 5.01 Å². The number of amides is 1. The first-order valence-corrected chi connectivity index (χ1v) is 5.89. The lowest BCUT2D eigenvalue weighted by Crippen LogP contribution is -2.11. The number of hydrogen-bond donors (Lipinski definition) is 1. The molecule has 0 unspecified atom stereocenters. The zero-order valence-electron chi connectivity index (χ0n) is 8.18. The van der Waals surface area contributed by atoms with Crippen LogP contribution in [0.15, 0.2) is 30.3 Å². The van der Waals surface area contributed by atoms with Gasteiger partial charge in [-0.25, -0.2) is 0 Å². The molecule has 1 amide bonds. The van der Waals surface area contributed by atoms with Crippen LogP contribution in [0, 0.1) is 0 Å². The maximum atomic E-state index is 11.7. The Kier molecular flexibility index (Phi) is 3.48. The Morgan fingerprint density at radius 1 is 1.31 bits per heavy atom. The minimum absolute atomic E-state index is 0.264. The highest BCUT2D eigenvalue weighted by Gasteiger charge is 2.12. The molecule has 6 heteroatoms. The summed E-state index contributed by atoms with van der Waals surface area (Å²) in [7, 11) is 0. The fourth-order valence-electron chi connectivity index (χ4n) is 1.11. The first-order valence-electron chi connectivity index (χ1n) is 4.54. The lowest BCUT2D eigenvalue weighted by Gasteiger charge is -2.00. The summed E-state index contributed by atoms with van der Waals surface area (Å²) in [5.41, 5.74) is 0.732. The van der Waals surface area contributed by atoms with E-state index in [2.05, 4.69) is 15.5 Å². The van der Waals surface area contributed by atoms with E-state index in [4.69, 9.17) is 11.6 Å². The smallest absolute Gasteiger partial charge is 0.286 e. The number of alkyl halides is 1. The van der Waals surface area contributed by atoms with Crippen molar-refractivity contribution in [3.8, 4) is 0 Å². The van der Waals surface area contributed by atoms with Crippen LogP contribution in [-0.2, 0) is 5.88 Å². The van der Waals surface area contributed by atoms with Crippen LogP contribution < -0.4 is 5.32 Å². The van der Waals surface area contributed by atoms with Crippen LogP contribution in [0.1, 0.15) is 14.8 Å². The van der Waals surface area contributed by atoms with E-state index < -0.39 is 0 Å². The monoisotopic (exact) mass is 253 g/mol. The number of para-hydroxylation sites is 1. The minimum Gasteiger partial charge on any atom is -0.320 e. The van der Waals surface area contributed by atoms with Crippen LogP contribution >= 0.6 is 22.9 Å². The van der Waals surface area contributed by atoms with E-state index in [-0.39, 0.29) is 11.8 Å². The Hall–Kier alpha value is -1.46. The van der Waals surface area contributed by atoms with E-state index in [1.54, 1.807) is 12.1 Å². The van der Waals surface area contributed by atoms with E-state index in [1.165, 1.54) is 11.3 Å².